The summed E-state index contributed by atoms with van der Waals surface area (Å²) in [6.07, 6.45) is -3.99. The molecule has 23 nitrogen and oxygen atoms in total. The number of carbonyl (C=O) groups is 8. The standard InChI is InChI=1S/C57H60ClN5O18Se/c1-7-17-62(20-19-60(5)56(71)75-31-35-8-11-39(12-9-35)79-55-52(78-34(4)66)50(77-33(3)65)49(76-32(2)64)51(81-55)54(69)70)57(72)80-44-28-43-48(42-27-40(73-6)13-14-41(42)44)37(29-58)30-63(43)53(68)46-26-36-25-38(10-15-45(36)82-46)59-47(67)16-18-61-21-23-74-24-22-61/h1,8-15,25-28,37,49-52,55H,16-24,29-31H2,2-6H3,(H,59,67)(H,69,70)/t37-,49-,50-,51-,52+,55-/m1/s1. The van der Waals surface area contributed by atoms with Crippen molar-refractivity contribution in [1.82, 2.24) is 14.7 Å². The van der Waals surface area contributed by atoms with Gasteiger partial charge in [-0.1, -0.05) is 12.1 Å². The zero-order valence-corrected chi connectivity index (χ0v) is 47.9. The van der Waals surface area contributed by atoms with E-state index in [9.17, 15) is 43.5 Å². The number of morpholine rings is 1. The van der Waals surface area contributed by atoms with Crippen LogP contribution in [0.2, 0.25) is 0 Å². The molecule has 4 amide bonds. The molecule has 0 unspecified atom stereocenters. The number of carboxylic acids is 1. The average molecular weight is 1220 g/mol. The normalized spacial score (nSPS) is 19.5. The van der Waals surface area contributed by atoms with Gasteiger partial charge in [0.25, 0.3) is 0 Å². The molecular formula is C57H60ClN5O18Se. The van der Waals surface area contributed by atoms with Crippen LogP contribution in [-0.4, -0.2) is 192 Å². The third kappa shape index (κ3) is 14.6. The molecule has 0 saturated carbocycles. The van der Waals surface area contributed by atoms with E-state index in [-0.39, 0.29) is 82.4 Å². The first kappa shape index (κ1) is 60.2. The number of aliphatic carboxylic acids is 1. The number of alkyl halides is 1. The van der Waals surface area contributed by atoms with Crippen molar-refractivity contribution in [2.45, 2.75) is 70.4 Å². The Morgan fingerprint density at radius 2 is 1.54 bits per heavy atom. The Bertz CT molecular complexity index is 3270. The molecule has 1 aromatic heterocycles. The van der Waals surface area contributed by atoms with Gasteiger partial charge in [0.05, 0.1) is 0 Å². The molecule has 0 radical (unpaired) electrons. The molecular weight excluding hydrogens is 1160 g/mol. The van der Waals surface area contributed by atoms with Gasteiger partial charge in [-0.3, -0.25) is 14.4 Å². The number of carboxylic acid groups (broad SMARTS) is 1. The summed E-state index contributed by atoms with van der Waals surface area (Å²) >= 11 is 6.28. The minimum absolute atomic E-state index is 0.0405. The average Bonchev–Trinajstić information content (AvgIpc) is 2.72. The molecule has 2 fully saturated rings. The molecule has 3 aliphatic rings. The van der Waals surface area contributed by atoms with Crippen molar-refractivity contribution in [3.63, 3.8) is 0 Å². The molecule has 2 saturated heterocycles. The van der Waals surface area contributed by atoms with Gasteiger partial charge >= 0.3 is 326 Å². The SMILES string of the molecule is C#CCN(CCN(C)C(=O)OCc1ccc(O[C@@H]2O[C@@H](C(=O)O)[C@H](OC(C)=O)[C@@H](OC(C)=O)[C@@H]2OC(C)=O)cc1)C(=O)Oc1cc2c(c3cc(OC)ccc13)[C@H](CCl)CN2C(=O)c1cc2cc(NC(=O)CCN3CCOCC3)ccc2[se]1. The summed E-state index contributed by atoms with van der Waals surface area (Å²) in [5.41, 5.74) is 2.42. The molecule has 4 aromatic carbocycles. The van der Waals surface area contributed by atoms with E-state index in [1.165, 1.54) is 48.2 Å². The summed E-state index contributed by atoms with van der Waals surface area (Å²) in [6, 6.07) is 20.4. The van der Waals surface area contributed by atoms with E-state index < -0.39 is 66.8 Å². The molecule has 25 heteroatoms. The van der Waals surface area contributed by atoms with Gasteiger partial charge in [0, 0.05) is 27.8 Å². The van der Waals surface area contributed by atoms with E-state index >= 15 is 0 Å². The summed E-state index contributed by atoms with van der Waals surface area (Å²) in [7, 11) is 3.00. The number of hydrogen-bond acceptors (Lipinski definition) is 18. The van der Waals surface area contributed by atoms with E-state index in [1.807, 2.05) is 30.3 Å². The van der Waals surface area contributed by atoms with E-state index in [2.05, 4.69) is 16.1 Å². The number of nitrogens with zero attached hydrogens (tertiary/aromatic N) is 4. The van der Waals surface area contributed by atoms with Gasteiger partial charge in [-0.15, -0.1) is 0 Å². The van der Waals surface area contributed by atoms with Crippen LogP contribution in [0.5, 0.6) is 17.2 Å². The number of likely N-dealkylation sites (N-methyl/N-ethyl adjacent to an activating group) is 1. The number of nitrogens with one attached hydrogen (secondary N) is 1. The van der Waals surface area contributed by atoms with Crippen LogP contribution in [0.25, 0.3) is 20.4 Å². The summed E-state index contributed by atoms with van der Waals surface area (Å²) in [4.78, 5) is 110. The number of anilines is 2. The Balaban J connectivity index is 0.914. The second-order valence-electron chi connectivity index (χ2n) is 19.3. The molecule has 0 spiro atoms. The van der Waals surface area contributed by atoms with Crippen molar-refractivity contribution in [1.29, 1.82) is 0 Å². The Morgan fingerprint density at radius 1 is 0.841 bits per heavy atom. The van der Waals surface area contributed by atoms with Crippen molar-refractivity contribution in [2.75, 3.05) is 89.3 Å². The number of halogens is 1. The molecule has 0 aliphatic carbocycles. The molecule has 4 heterocycles. The molecule has 434 valence electrons. The number of ether oxygens (including phenoxy) is 9. The third-order valence-corrected chi connectivity index (χ3v) is 16.3. The van der Waals surface area contributed by atoms with Gasteiger partial charge in [0.15, 0.2) is 18.3 Å². The number of hydrogen-bond donors (Lipinski definition) is 2. The van der Waals surface area contributed by atoms with Gasteiger partial charge in [-0.05, 0) is 17.7 Å². The number of rotatable bonds is 20. The Morgan fingerprint density at radius 3 is 2.21 bits per heavy atom. The molecule has 2 N–H and O–H groups in total. The Labute approximate surface area is 482 Å². The summed E-state index contributed by atoms with van der Waals surface area (Å²) in [6.45, 7) is 6.34. The predicted molar refractivity (Wildman–Crippen MR) is 296 cm³/mol. The van der Waals surface area contributed by atoms with E-state index in [0.29, 0.717) is 64.1 Å². The number of fused-ring (bicyclic) bond motifs is 4. The monoisotopic (exact) mass is 1220 g/mol. The molecule has 8 rings (SSSR count). The maximum absolute atomic E-state index is 14.6. The van der Waals surface area contributed by atoms with Crippen LogP contribution >= 0.6 is 11.6 Å². The van der Waals surface area contributed by atoms with Gasteiger partial charge < -0.3 is 33.5 Å². The summed E-state index contributed by atoms with van der Waals surface area (Å²) in [5.74, 6) is -1.47. The van der Waals surface area contributed by atoms with Crippen LogP contribution in [0.1, 0.15) is 53.5 Å². The van der Waals surface area contributed by atoms with E-state index in [4.69, 9.17) is 60.7 Å². The van der Waals surface area contributed by atoms with E-state index in [1.54, 1.807) is 23.1 Å². The molecule has 5 aromatic rings. The van der Waals surface area contributed by atoms with Gasteiger partial charge in [0.2, 0.25) is 12.4 Å². The quantitative estimate of drug-likeness (QED) is 0.0325. The van der Waals surface area contributed by atoms with Crippen molar-refractivity contribution < 1.29 is 86.1 Å². The minimum atomic E-state index is -1.90. The molecule has 82 heavy (non-hydrogen) atoms. The summed E-state index contributed by atoms with van der Waals surface area (Å²) < 4.78 is 51.6. The molecule has 6 atom stereocenters. The van der Waals surface area contributed by atoms with Gasteiger partial charge in [0.1, 0.15) is 12.4 Å². The Kier molecular flexibility index (Phi) is 20.0. The van der Waals surface area contributed by atoms with Crippen molar-refractivity contribution in [3.8, 4) is 29.6 Å². The fourth-order valence-electron chi connectivity index (χ4n) is 9.63. The fraction of sp³-hybridized carbons (Fsp3) is 0.404. The van der Waals surface area contributed by atoms with Crippen molar-refractivity contribution >= 4 is 106 Å². The number of carbonyl (C=O) groups excluding carboxylic acids is 7. The van der Waals surface area contributed by atoms with Crippen molar-refractivity contribution in [2.24, 2.45) is 0 Å². The fourth-order valence-corrected chi connectivity index (χ4v) is 12.0. The first-order valence-electron chi connectivity index (χ1n) is 25.9. The van der Waals surface area contributed by atoms with E-state index in [0.717, 1.165) is 49.1 Å². The molecule has 3 aliphatic heterocycles. The van der Waals surface area contributed by atoms with Crippen LogP contribution in [0, 0.1) is 12.3 Å². The first-order chi connectivity index (χ1) is 39.3. The number of esters is 3. The Hall–Kier alpha value is -7.91. The van der Waals surface area contributed by atoms with Crippen LogP contribution in [0.4, 0.5) is 21.0 Å². The van der Waals surface area contributed by atoms with Crippen LogP contribution in [0.15, 0.2) is 72.8 Å². The zero-order chi connectivity index (χ0) is 58.8. The van der Waals surface area contributed by atoms with Crippen LogP contribution in [0.3, 0.4) is 0 Å². The van der Waals surface area contributed by atoms with Crippen LogP contribution in [-0.2, 0) is 59.0 Å². The predicted octanol–water partition coefficient (Wildman–Crippen LogP) is 5.39. The zero-order valence-electron chi connectivity index (χ0n) is 45.4. The second-order valence-corrected chi connectivity index (χ2v) is 21.9. The number of benzene rings is 4. The number of amides is 4. The maximum atomic E-state index is 14.6. The third-order valence-electron chi connectivity index (χ3n) is 13.6. The first-order valence-corrected chi connectivity index (χ1v) is 28.2. The van der Waals surface area contributed by atoms with Gasteiger partial charge in [-0.2, -0.15) is 0 Å². The number of terminal acetylenes is 1. The second kappa shape index (κ2) is 27.2. The topological polar surface area (TPSA) is 265 Å². The number of methoxy groups -OCH3 is 1. The van der Waals surface area contributed by atoms with Gasteiger partial charge in [-0.25, -0.2) is 9.59 Å². The summed E-state index contributed by atoms with van der Waals surface area (Å²) in [5, 5.41) is 15.0. The molecule has 0 bridgehead atoms. The van der Waals surface area contributed by atoms with Crippen molar-refractivity contribution in [3.05, 3.63) is 88.4 Å². The van der Waals surface area contributed by atoms with Crippen LogP contribution < -0.4 is 24.4 Å².